The number of hydrogen-bond donors (Lipinski definition) is 1. The van der Waals surface area contributed by atoms with E-state index in [1.807, 2.05) is 7.05 Å². The quantitative estimate of drug-likeness (QED) is 0.603. The van der Waals surface area contributed by atoms with Gasteiger partial charge in [0.25, 0.3) is 0 Å². The molecular formula is C7H18N2Si. The fourth-order valence-corrected chi connectivity index (χ4v) is 2.31. The zero-order valence-electron chi connectivity index (χ0n) is 7.44. The van der Waals surface area contributed by atoms with Crippen LogP contribution in [0, 0.1) is 0 Å². The van der Waals surface area contributed by atoms with Crippen LogP contribution < -0.4 is 5.32 Å². The highest BCUT2D eigenvalue weighted by Crippen LogP contribution is 2.04. The van der Waals surface area contributed by atoms with E-state index < -0.39 is 8.24 Å². The summed E-state index contributed by atoms with van der Waals surface area (Å²) >= 11 is 0. The number of hydrogen-bond acceptors (Lipinski definition) is 2. The van der Waals surface area contributed by atoms with Gasteiger partial charge in [0, 0.05) is 6.17 Å². The summed E-state index contributed by atoms with van der Waals surface area (Å²) in [5, 5.41) is 3.19. The molecule has 10 heavy (non-hydrogen) atoms. The highest BCUT2D eigenvalue weighted by Gasteiger charge is 2.24. The zero-order valence-corrected chi connectivity index (χ0v) is 8.44. The Bertz CT molecular complexity index is 114. The summed E-state index contributed by atoms with van der Waals surface area (Å²) in [6.45, 7) is 6.14. The number of nitrogens with one attached hydrogen (secondary N) is 1. The lowest BCUT2D eigenvalue weighted by Crippen LogP contribution is -2.52. The van der Waals surface area contributed by atoms with E-state index in [1.54, 1.807) is 0 Å². The van der Waals surface area contributed by atoms with Gasteiger partial charge >= 0.3 is 0 Å². The van der Waals surface area contributed by atoms with E-state index in [1.165, 1.54) is 0 Å². The van der Waals surface area contributed by atoms with Gasteiger partial charge in [-0.25, -0.2) is 0 Å². The van der Waals surface area contributed by atoms with Crippen LogP contribution in [0.1, 0.15) is 0 Å². The lowest BCUT2D eigenvalue weighted by Gasteiger charge is -2.30. The maximum Gasteiger partial charge on any atom is 0.162 e. The van der Waals surface area contributed by atoms with Gasteiger partial charge in [-0.05, 0) is 21.1 Å². The van der Waals surface area contributed by atoms with Crippen LogP contribution in [0.4, 0.5) is 0 Å². The number of rotatable bonds is 4. The van der Waals surface area contributed by atoms with Gasteiger partial charge in [0.1, 0.15) is 0 Å². The fraction of sp³-hybridized carbons (Fsp3) is 0.714. The summed E-state index contributed by atoms with van der Waals surface area (Å²) in [5.74, 6) is 0. The molecule has 60 valence electrons. The van der Waals surface area contributed by atoms with Crippen molar-refractivity contribution in [2.24, 2.45) is 0 Å². The van der Waals surface area contributed by atoms with Crippen LogP contribution in [0.2, 0.25) is 6.55 Å². The fourth-order valence-electron chi connectivity index (χ4n) is 0.771. The molecule has 0 radical (unpaired) electrons. The van der Waals surface area contributed by atoms with Crippen molar-refractivity contribution in [3.05, 3.63) is 12.3 Å². The lowest BCUT2D eigenvalue weighted by molar-refractivity contribution is 0.616. The molecule has 2 nitrogen and oxygen atoms in total. The molecule has 3 heteroatoms. The topological polar surface area (TPSA) is 15.3 Å². The second-order valence-electron chi connectivity index (χ2n) is 2.99. The molecule has 0 bridgehead atoms. The Hall–Kier alpha value is -0.123. The van der Waals surface area contributed by atoms with E-state index in [2.05, 4.69) is 42.8 Å². The first-order chi connectivity index (χ1) is 4.56. The number of nitrogens with zero attached hydrogens (tertiary/aromatic N) is 1. The summed E-state index contributed by atoms with van der Waals surface area (Å²) in [5.41, 5.74) is 2.10. The maximum absolute atomic E-state index is 3.85. The van der Waals surface area contributed by atoms with Gasteiger partial charge in [0.2, 0.25) is 0 Å². The van der Waals surface area contributed by atoms with Crippen molar-refractivity contribution < 1.29 is 0 Å². The van der Waals surface area contributed by atoms with Crippen LogP contribution in [0.5, 0.6) is 0 Å². The molecule has 0 aromatic rings. The predicted octanol–water partition coefficient (Wildman–Crippen LogP) is 0.607. The first-order valence-electron chi connectivity index (χ1n) is 3.52. The van der Waals surface area contributed by atoms with Crippen molar-refractivity contribution in [3.63, 3.8) is 0 Å². The molecule has 0 amide bonds. The monoisotopic (exact) mass is 158 g/mol. The summed E-state index contributed by atoms with van der Waals surface area (Å²) < 4.78 is 2.29. The lowest BCUT2D eigenvalue weighted by atomic mass is 11.2. The molecule has 0 aromatic carbocycles. The largest absolute Gasteiger partial charge is 0.325 e. The van der Waals surface area contributed by atoms with Gasteiger partial charge in [0.15, 0.2) is 8.24 Å². The minimum absolute atomic E-state index is 1.07. The second-order valence-corrected chi connectivity index (χ2v) is 7.36. The third-order valence-corrected chi connectivity index (χ3v) is 5.99. The maximum atomic E-state index is 3.85. The standard InChI is InChI=1S/C7H18N2Si/c1-6-10(5,7-8-2)9(3)4/h6,8H,1,7H2,2-5H3. The van der Waals surface area contributed by atoms with Crippen molar-refractivity contribution in [1.82, 2.24) is 9.88 Å². The van der Waals surface area contributed by atoms with Gasteiger partial charge in [-0.2, -0.15) is 0 Å². The molecule has 0 rings (SSSR count). The van der Waals surface area contributed by atoms with E-state index in [4.69, 9.17) is 0 Å². The smallest absolute Gasteiger partial charge is 0.162 e. The highest BCUT2D eigenvalue weighted by atomic mass is 28.3. The zero-order chi connectivity index (χ0) is 8.20. The van der Waals surface area contributed by atoms with E-state index in [-0.39, 0.29) is 0 Å². The third kappa shape index (κ3) is 2.25. The van der Waals surface area contributed by atoms with Gasteiger partial charge in [-0.15, -0.1) is 6.58 Å². The van der Waals surface area contributed by atoms with Gasteiger partial charge in [-0.3, -0.25) is 0 Å². The predicted molar refractivity (Wildman–Crippen MR) is 49.4 cm³/mol. The van der Waals surface area contributed by atoms with Gasteiger partial charge in [-0.1, -0.05) is 12.2 Å². The molecule has 0 aliphatic rings. The van der Waals surface area contributed by atoms with Gasteiger partial charge < -0.3 is 9.88 Å². The van der Waals surface area contributed by atoms with Crippen LogP contribution in [0.3, 0.4) is 0 Å². The van der Waals surface area contributed by atoms with E-state index >= 15 is 0 Å². The molecule has 0 spiro atoms. The van der Waals surface area contributed by atoms with Crippen LogP contribution >= 0.6 is 0 Å². The van der Waals surface area contributed by atoms with E-state index in [0.717, 1.165) is 6.17 Å². The highest BCUT2D eigenvalue weighted by molar-refractivity contribution is 6.80. The molecule has 0 saturated heterocycles. The van der Waals surface area contributed by atoms with Crippen LogP contribution in [-0.4, -0.2) is 40.1 Å². The summed E-state index contributed by atoms with van der Waals surface area (Å²) in [6.07, 6.45) is 1.07. The Balaban J connectivity index is 4.08. The van der Waals surface area contributed by atoms with Gasteiger partial charge in [0.05, 0.1) is 0 Å². The molecule has 1 atom stereocenters. The second kappa shape index (κ2) is 3.90. The minimum Gasteiger partial charge on any atom is -0.325 e. The third-order valence-electron chi connectivity index (χ3n) is 2.00. The molecule has 0 fully saturated rings. The van der Waals surface area contributed by atoms with Crippen molar-refractivity contribution >= 4 is 8.24 Å². The Morgan fingerprint density at radius 2 is 2.10 bits per heavy atom. The SMILES string of the molecule is C=C[Si](C)(CNC)N(C)C. The summed E-state index contributed by atoms with van der Waals surface area (Å²) in [6, 6.07) is 0. The minimum atomic E-state index is -1.31. The molecule has 1 unspecified atom stereocenters. The average molecular weight is 158 g/mol. The van der Waals surface area contributed by atoms with Crippen LogP contribution in [0.15, 0.2) is 12.3 Å². The Labute approximate surface area is 65.0 Å². The average Bonchev–Trinajstić information content (AvgIpc) is 1.88. The first-order valence-corrected chi connectivity index (χ1v) is 6.25. The first kappa shape index (κ1) is 9.88. The van der Waals surface area contributed by atoms with Crippen molar-refractivity contribution in [1.29, 1.82) is 0 Å². The summed E-state index contributed by atoms with van der Waals surface area (Å²) in [7, 11) is 4.90. The van der Waals surface area contributed by atoms with Crippen molar-refractivity contribution in [3.8, 4) is 0 Å². The molecular weight excluding hydrogens is 140 g/mol. The Kier molecular flexibility index (Phi) is 3.86. The normalized spacial score (nSPS) is 16.9. The van der Waals surface area contributed by atoms with Crippen molar-refractivity contribution in [2.45, 2.75) is 6.55 Å². The Morgan fingerprint density at radius 1 is 1.60 bits per heavy atom. The Morgan fingerprint density at radius 3 is 2.20 bits per heavy atom. The van der Waals surface area contributed by atoms with E-state index in [0.29, 0.717) is 0 Å². The molecule has 0 heterocycles. The molecule has 0 aliphatic heterocycles. The summed E-state index contributed by atoms with van der Waals surface area (Å²) in [4.78, 5) is 0. The molecule has 0 saturated carbocycles. The molecule has 0 aliphatic carbocycles. The molecule has 1 N–H and O–H groups in total. The van der Waals surface area contributed by atoms with Crippen LogP contribution in [0.25, 0.3) is 0 Å². The van der Waals surface area contributed by atoms with E-state index in [9.17, 15) is 0 Å². The van der Waals surface area contributed by atoms with Crippen LogP contribution in [-0.2, 0) is 0 Å². The molecule has 0 aromatic heterocycles. The van der Waals surface area contributed by atoms with Crippen molar-refractivity contribution in [2.75, 3.05) is 27.3 Å².